The summed E-state index contributed by atoms with van der Waals surface area (Å²) < 4.78 is 11.6. The fourth-order valence-corrected chi connectivity index (χ4v) is 1.91. The fourth-order valence-electron chi connectivity index (χ4n) is 1.91. The van der Waals surface area contributed by atoms with E-state index in [1.54, 1.807) is 24.1 Å². The highest BCUT2D eigenvalue weighted by molar-refractivity contribution is 5.26. The van der Waals surface area contributed by atoms with Gasteiger partial charge in [0.05, 0.1) is 32.2 Å². The SMILES string of the molecule is COc1cccc(-n2cc(CC3(O)COC3)nn2)n1. The molecule has 0 unspecified atom stereocenters. The summed E-state index contributed by atoms with van der Waals surface area (Å²) in [6, 6.07) is 5.40. The molecule has 0 atom stereocenters. The first-order chi connectivity index (χ1) is 9.18. The molecule has 0 bridgehead atoms. The van der Waals surface area contributed by atoms with Crippen molar-refractivity contribution in [3.05, 3.63) is 30.1 Å². The molecule has 3 heterocycles. The van der Waals surface area contributed by atoms with Crippen LogP contribution in [-0.4, -0.2) is 51.0 Å². The lowest BCUT2D eigenvalue weighted by Gasteiger charge is -2.35. The van der Waals surface area contributed by atoms with E-state index in [2.05, 4.69) is 15.3 Å². The second kappa shape index (κ2) is 4.60. The van der Waals surface area contributed by atoms with Crippen LogP contribution in [0, 0.1) is 0 Å². The van der Waals surface area contributed by atoms with Crippen LogP contribution in [0.25, 0.3) is 5.82 Å². The molecule has 0 saturated carbocycles. The average Bonchev–Trinajstić information content (AvgIpc) is 2.85. The first-order valence-electron chi connectivity index (χ1n) is 5.91. The number of ether oxygens (including phenoxy) is 2. The van der Waals surface area contributed by atoms with Gasteiger partial charge in [0.15, 0.2) is 5.82 Å². The standard InChI is InChI=1S/C12H14N4O3/c1-18-11-4-2-3-10(13-11)16-6-9(14-15-16)5-12(17)7-19-8-12/h2-4,6,17H,5,7-8H2,1H3. The van der Waals surface area contributed by atoms with E-state index in [0.29, 0.717) is 37.0 Å². The number of hydrogen-bond acceptors (Lipinski definition) is 6. The molecule has 1 fully saturated rings. The third-order valence-electron chi connectivity index (χ3n) is 2.95. The van der Waals surface area contributed by atoms with E-state index in [9.17, 15) is 5.11 Å². The Labute approximate surface area is 109 Å². The lowest BCUT2D eigenvalue weighted by Crippen LogP contribution is -2.51. The average molecular weight is 262 g/mol. The maximum absolute atomic E-state index is 9.99. The van der Waals surface area contributed by atoms with E-state index in [4.69, 9.17) is 9.47 Å². The lowest BCUT2D eigenvalue weighted by molar-refractivity contribution is -0.177. The molecule has 2 aromatic rings. The van der Waals surface area contributed by atoms with Crippen molar-refractivity contribution in [1.82, 2.24) is 20.0 Å². The Kier molecular flexibility index (Phi) is 2.92. The van der Waals surface area contributed by atoms with E-state index in [-0.39, 0.29) is 0 Å². The van der Waals surface area contributed by atoms with Gasteiger partial charge in [0, 0.05) is 12.5 Å². The molecule has 7 nitrogen and oxygen atoms in total. The highest BCUT2D eigenvalue weighted by Gasteiger charge is 2.37. The number of rotatable bonds is 4. The summed E-state index contributed by atoms with van der Waals surface area (Å²) in [6.07, 6.45) is 2.18. The van der Waals surface area contributed by atoms with Crippen LogP contribution in [0.15, 0.2) is 24.4 Å². The van der Waals surface area contributed by atoms with Crippen molar-refractivity contribution < 1.29 is 14.6 Å². The van der Waals surface area contributed by atoms with Gasteiger partial charge in [0.25, 0.3) is 0 Å². The van der Waals surface area contributed by atoms with Gasteiger partial charge in [-0.2, -0.15) is 4.98 Å². The molecule has 1 aliphatic rings. The van der Waals surface area contributed by atoms with Crippen LogP contribution in [-0.2, 0) is 11.2 Å². The van der Waals surface area contributed by atoms with Crippen LogP contribution in [0.2, 0.25) is 0 Å². The summed E-state index contributed by atoms with van der Waals surface area (Å²) in [5, 5.41) is 18.0. The Morgan fingerprint density at radius 2 is 2.32 bits per heavy atom. The van der Waals surface area contributed by atoms with Crippen molar-refractivity contribution in [2.75, 3.05) is 20.3 Å². The van der Waals surface area contributed by atoms with Crippen molar-refractivity contribution in [3.8, 4) is 11.7 Å². The zero-order valence-corrected chi connectivity index (χ0v) is 10.5. The molecule has 1 aliphatic heterocycles. The summed E-state index contributed by atoms with van der Waals surface area (Å²) in [7, 11) is 1.56. The number of nitrogens with zero attached hydrogens (tertiary/aromatic N) is 4. The summed E-state index contributed by atoms with van der Waals surface area (Å²) in [5.74, 6) is 1.13. The quantitative estimate of drug-likeness (QED) is 0.833. The molecule has 7 heteroatoms. The van der Waals surface area contributed by atoms with E-state index >= 15 is 0 Å². The third kappa shape index (κ3) is 2.42. The molecule has 19 heavy (non-hydrogen) atoms. The Bertz CT molecular complexity index is 580. The van der Waals surface area contributed by atoms with Crippen LogP contribution in [0.4, 0.5) is 0 Å². The van der Waals surface area contributed by atoms with Gasteiger partial charge in [-0.15, -0.1) is 5.10 Å². The molecule has 2 aromatic heterocycles. The zero-order valence-electron chi connectivity index (χ0n) is 10.5. The van der Waals surface area contributed by atoms with Crippen LogP contribution < -0.4 is 4.74 Å². The molecule has 0 aliphatic carbocycles. The number of pyridine rings is 1. The van der Waals surface area contributed by atoms with E-state index < -0.39 is 5.60 Å². The Morgan fingerprint density at radius 3 is 3.00 bits per heavy atom. The Hall–Kier alpha value is -1.99. The molecule has 0 aromatic carbocycles. The van der Waals surface area contributed by atoms with Crippen molar-refractivity contribution >= 4 is 0 Å². The smallest absolute Gasteiger partial charge is 0.214 e. The molecule has 0 spiro atoms. The van der Waals surface area contributed by atoms with Gasteiger partial charge in [0.2, 0.25) is 5.88 Å². The minimum atomic E-state index is -0.803. The second-order valence-electron chi connectivity index (χ2n) is 4.59. The number of methoxy groups -OCH3 is 1. The summed E-state index contributed by atoms with van der Waals surface area (Å²) in [4.78, 5) is 4.26. The summed E-state index contributed by atoms with van der Waals surface area (Å²) in [5.41, 5.74) is -0.0988. The van der Waals surface area contributed by atoms with Gasteiger partial charge in [-0.25, -0.2) is 4.68 Å². The van der Waals surface area contributed by atoms with Gasteiger partial charge < -0.3 is 14.6 Å². The third-order valence-corrected chi connectivity index (χ3v) is 2.95. The van der Waals surface area contributed by atoms with Crippen LogP contribution >= 0.6 is 0 Å². The Balaban J connectivity index is 1.80. The largest absolute Gasteiger partial charge is 0.481 e. The summed E-state index contributed by atoms with van der Waals surface area (Å²) >= 11 is 0. The van der Waals surface area contributed by atoms with Crippen molar-refractivity contribution in [3.63, 3.8) is 0 Å². The van der Waals surface area contributed by atoms with E-state index in [0.717, 1.165) is 0 Å². The van der Waals surface area contributed by atoms with Gasteiger partial charge in [-0.05, 0) is 6.07 Å². The number of aromatic nitrogens is 4. The highest BCUT2D eigenvalue weighted by Crippen LogP contribution is 2.21. The molecule has 1 N–H and O–H groups in total. The van der Waals surface area contributed by atoms with E-state index in [1.807, 2.05) is 12.1 Å². The van der Waals surface area contributed by atoms with Crippen LogP contribution in [0.1, 0.15) is 5.69 Å². The minimum absolute atomic E-state index is 0.345. The maximum atomic E-state index is 9.99. The normalized spacial score (nSPS) is 16.9. The second-order valence-corrected chi connectivity index (χ2v) is 4.59. The predicted octanol–water partition coefficient (Wildman–Crippen LogP) is -0.0253. The minimum Gasteiger partial charge on any atom is -0.481 e. The molecular weight excluding hydrogens is 248 g/mol. The number of aliphatic hydroxyl groups is 1. The predicted molar refractivity (Wildman–Crippen MR) is 65.2 cm³/mol. The number of hydrogen-bond donors (Lipinski definition) is 1. The molecule has 3 rings (SSSR count). The van der Waals surface area contributed by atoms with Crippen LogP contribution in [0.3, 0.4) is 0 Å². The molecule has 100 valence electrons. The van der Waals surface area contributed by atoms with Crippen molar-refractivity contribution in [1.29, 1.82) is 0 Å². The zero-order chi connectivity index (χ0) is 13.3. The highest BCUT2D eigenvalue weighted by atomic mass is 16.5. The van der Waals surface area contributed by atoms with Gasteiger partial charge in [-0.1, -0.05) is 11.3 Å². The lowest BCUT2D eigenvalue weighted by atomic mass is 9.96. The van der Waals surface area contributed by atoms with Gasteiger partial charge in [-0.3, -0.25) is 0 Å². The van der Waals surface area contributed by atoms with Gasteiger partial charge in [0.1, 0.15) is 5.60 Å². The fraction of sp³-hybridized carbons (Fsp3) is 0.417. The van der Waals surface area contributed by atoms with Crippen molar-refractivity contribution in [2.45, 2.75) is 12.0 Å². The molecule has 0 amide bonds. The van der Waals surface area contributed by atoms with Gasteiger partial charge >= 0.3 is 0 Å². The topological polar surface area (TPSA) is 82.3 Å². The molecule has 0 radical (unpaired) electrons. The maximum Gasteiger partial charge on any atom is 0.214 e. The Morgan fingerprint density at radius 1 is 1.47 bits per heavy atom. The first-order valence-corrected chi connectivity index (χ1v) is 5.91. The van der Waals surface area contributed by atoms with Crippen molar-refractivity contribution in [2.24, 2.45) is 0 Å². The monoisotopic (exact) mass is 262 g/mol. The van der Waals surface area contributed by atoms with Crippen LogP contribution in [0.5, 0.6) is 5.88 Å². The molecular formula is C12H14N4O3. The first kappa shape index (κ1) is 12.1. The molecule has 1 saturated heterocycles. The summed E-state index contributed by atoms with van der Waals surface area (Å²) in [6.45, 7) is 0.689. The van der Waals surface area contributed by atoms with E-state index in [1.165, 1.54) is 0 Å².